The number of likely N-dealkylation sites (tertiary alicyclic amines) is 1. The zero-order chi connectivity index (χ0) is 24.4. The lowest BCUT2D eigenvalue weighted by molar-refractivity contribution is -0.133. The maximum absolute atomic E-state index is 13.5. The molecular formula is C27H33N7O. The van der Waals surface area contributed by atoms with Gasteiger partial charge in [0, 0.05) is 42.9 Å². The molecule has 2 N–H and O–H groups in total. The molecule has 1 fully saturated rings. The highest BCUT2D eigenvalue weighted by atomic mass is 16.2. The number of piperidine rings is 1. The SMILES string of the molecule is Cc1cc(Nc2cccc([C@H]3CCCN(C(=O)Cn4c(CC(C)C)nc5ccccc54)C3)n2)n[nH]1. The number of aromatic nitrogens is 5. The lowest BCUT2D eigenvalue weighted by atomic mass is 9.94. The van der Waals surface area contributed by atoms with Gasteiger partial charge in [0.15, 0.2) is 5.82 Å². The van der Waals surface area contributed by atoms with Crippen LogP contribution in [0.25, 0.3) is 11.0 Å². The summed E-state index contributed by atoms with van der Waals surface area (Å²) in [5, 5.41) is 10.4. The Morgan fingerprint density at radius 3 is 2.80 bits per heavy atom. The van der Waals surface area contributed by atoms with Crippen molar-refractivity contribution in [1.29, 1.82) is 0 Å². The van der Waals surface area contributed by atoms with Gasteiger partial charge >= 0.3 is 0 Å². The molecule has 0 aliphatic carbocycles. The molecule has 8 nitrogen and oxygen atoms in total. The number of nitrogens with one attached hydrogen (secondary N) is 2. The van der Waals surface area contributed by atoms with Crippen LogP contribution in [0.4, 0.5) is 11.6 Å². The van der Waals surface area contributed by atoms with Crippen LogP contribution in [0.3, 0.4) is 0 Å². The van der Waals surface area contributed by atoms with Crippen LogP contribution < -0.4 is 5.32 Å². The first-order chi connectivity index (χ1) is 17.0. The van der Waals surface area contributed by atoms with Gasteiger partial charge in [-0.1, -0.05) is 32.0 Å². The average Bonchev–Trinajstić information content (AvgIpc) is 3.41. The molecule has 0 radical (unpaired) electrons. The van der Waals surface area contributed by atoms with E-state index < -0.39 is 0 Å². The molecule has 0 saturated carbocycles. The molecule has 1 amide bonds. The number of carbonyl (C=O) groups excluding carboxylic acids is 1. The molecule has 0 unspecified atom stereocenters. The number of hydrogen-bond donors (Lipinski definition) is 2. The van der Waals surface area contributed by atoms with Crippen molar-refractivity contribution in [3.63, 3.8) is 0 Å². The number of aryl methyl sites for hydroxylation is 1. The Morgan fingerprint density at radius 2 is 2.00 bits per heavy atom. The third-order valence-electron chi connectivity index (χ3n) is 6.54. The quantitative estimate of drug-likeness (QED) is 0.404. The largest absolute Gasteiger partial charge is 0.340 e. The summed E-state index contributed by atoms with van der Waals surface area (Å²) in [5.74, 6) is 3.32. The number of anilines is 2. The number of fused-ring (bicyclic) bond motifs is 1. The Labute approximate surface area is 205 Å². The molecule has 4 heterocycles. The zero-order valence-electron chi connectivity index (χ0n) is 20.7. The maximum Gasteiger partial charge on any atom is 0.242 e. The van der Waals surface area contributed by atoms with E-state index in [9.17, 15) is 4.79 Å². The first-order valence-corrected chi connectivity index (χ1v) is 12.4. The number of hydrogen-bond acceptors (Lipinski definition) is 5. The Morgan fingerprint density at radius 1 is 1.14 bits per heavy atom. The molecule has 1 saturated heterocycles. The van der Waals surface area contributed by atoms with E-state index in [1.807, 2.05) is 48.2 Å². The van der Waals surface area contributed by atoms with Crippen molar-refractivity contribution in [2.24, 2.45) is 5.92 Å². The molecule has 8 heteroatoms. The third kappa shape index (κ3) is 5.21. The number of carbonyl (C=O) groups is 1. The van der Waals surface area contributed by atoms with E-state index >= 15 is 0 Å². The van der Waals surface area contributed by atoms with Gasteiger partial charge in [0.2, 0.25) is 5.91 Å². The summed E-state index contributed by atoms with van der Waals surface area (Å²) in [6, 6.07) is 16.1. The number of para-hydroxylation sites is 2. The van der Waals surface area contributed by atoms with E-state index in [0.717, 1.165) is 65.7 Å². The minimum Gasteiger partial charge on any atom is -0.340 e. The molecule has 182 valence electrons. The van der Waals surface area contributed by atoms with Gasteiger partial charge in [0.1, 0.15) is 18.2 Å². The van der Waals surface area contributed by atoms with Crippen molar-refractivity contribution in [2.45, 2.75) is 52.5 Å². The van der Waals surface area contributed by atoms with E-state index in [2.05, 4.69) is 46.1 Å². The van der Waals surface area contributed by atoms with Crippen LogP contribution in [0.5, 0.6) is 0 Å². The van der Waals surface area contributed by atoms with Crippen LogP contribution in [0.15, 0.2) is 48.5 Å². The smallest absolute Gasteiger partial charge is 0.242 e. The summed E-state index contributed by atoms with van der Waals surface area (Å²) in [6.07, 6.45) is 2.84. The predicted molar refractivity (Wildman–Crippen MR) is 138 cm³/mol. The second-order valence-corrected chi connectivity index (χ2v) is 9.89. The van der Waals surface area contributed by atoms with Gasteiger partial charge in [-0.2, -0.15) is 5.10 Å². The number of benzene rings is 1. The number of pyridine rings is 1. The maximum atomic E-state index is 13.5. The van der Waals surface area contributed by atoms with E-state index in [1.165, 1.54) is 0 Å². The van der Waals surface area contributed by atoms with Crippen LogP contribution in [0.2, 0.25) is 0 Å². The van der Waals surface area contributed by atoms with Crippen LogP contribution in [0.1, 0.15) is 49.8 Å². The Kier molecular flexibility index (Phi) is 6.53. The number of amides is 1. The molecule has 1 aliphatic heterocycles. The van der Waals surface area contributed by atoms with E-state index in [1.54, 1.807) is 0 Å². The van der Waals surface area contributed by atoms with Crippen molar-refractivity contribution < 1.29 is 4.79 Å². The van der Waals surface area contributed by atoms with E-state index in [0.29, 0.717) is 19.0 Å². The Hall–Kier alpha value is -3.68. The first kappa shape index (κ1) is 23.1. The van der Waals surface area contributed by atoms with Crippen LogP contribution in [-0.2, 0) is 17.8 Å². The average molecular weight is 472 g/mol. The first-order valence-electron chi connectivity index (χ1n) is 12.4. The lowest BCUT2D eigenvalue weighted by Gasteiger charge is -2.33. The summed E-state index contributed by atoms with van der Waals surface area (Å²) in [5.41, 5.74) is 3.98. The highest BCUT2D eigenvalue weighted by molar-refractivity contribution is 5.81. The summed E-state index contributed by atoms with van der Waals surface area (Å²) < 4.78 is 2.11. The summed E-state index contributed by atoms with van der Waals surface area (Å²) >= 11 is 0. The normalized spacial score (nSPS) is 16.2. The summed E-state index contributed by atoms with van der Waals surface area (Å²) in [4.78, 5) is 25.1. The molecule has 1 atom stereocenters. The van der Waals surface area contributed by atoms with Gasteiger partial charge in [-0.15, -0.1) is 0 Å². The summed E-state index contributed by atoms with van der Waals surface area (Å²) in [7, 11) is 0. The molecule has 0 spiro atoms. The van der Waals surface area contributed by atoms with Crippen molar-refractivity contribution in [3.05, 3.63) is 65.7 Å². The van der Waals surface area contributed by atoms with E-state index in [4.69, 9.17) is 9.97 Å². The second kappa shape index (κ2) is 9.90. The van der Waals surface area contributed by atoms with Gasteiger partial charge in [0.05, 0.1) is 11.0 Å². The van der Waals surface area contributed by atoms with Crippen molar-refractivity contribution >= 4 is 28.6 Å². The van der Waals surface area contributed by atoms with E-state index in [-0.39, 0.29) is 11.8 Å². The third-order valence-corrected chi connectivity index (χ3v) is 6.54. The minimum absolute atomic E-state index is 0.143. The van der Waals surface area contributed by atoms with Crippen molar-refractivity contribution in [1.82, 2.24) is 29.6 Å². The molecule has 5 rings (SSSR count). The molecular weight excluding hydrogens is 438 g/mol. The number of aromatic amines is 1. The number of H-pyrrole nitrogens is 1. The topological polar surface area (TPSA) is 91.7 Å². The van der Waals surface area contributed by atoms with Gasteiger partial charge in [-0.05, 0) is 49.9 Å². The van der Waals surface area contributed by atoms with Gasteiger partial charge in [-0.25, -0.2) is 9.97 Å². The fourth-order valence-corrected chi connectivity index (χ4v) is 4.86. The van der Waals surface area contributed by atoms with Crippen molar-refractivity contribution in [2.75, 3.05) is 18.4 Å². The highest BCUT2D eigenvalue weighted by Crippen LogP contribution is 2.28. The number of imidazole rings is 1. The molecule has 35 heavy (non-hydrogen) atoms. The molecule has 1 aliphatic rings. The monoisotopic (exact) mass is 471 g/mol. The standard InChI is InChI=1S/C27H33N7O/c1-18(2)14-26-29-22-9-4-5-11-23(22)34(26)17-27(35)33-13-7-8-20(16-33)21-10-6-12-24(28-21)30-25-15-19(3)31-32-25/h4-6,9-12,15,18,20H,7-8,13-14,16-17H2,1-3H3,(H2,28,30,31,32)/t20-/m0/s1. The molecule has 0 bridgehead atoms. The molecule has 3 aromatic heterocycles. The fourth-order valence-electron chi connectivity index (χ4n) is 4.86. The van der Waals surface area contributed by atoms with Gasteiger partial charge in [-0.3, -0.25) is 9.89 Å². The fraction of sp³-hybridized carbons (Fsp3) is 0.407. The van der Waals surface area contributed by atoms with Gasteiger partial charge < -0.3 is 14.8 Å². The van der Waals surface area contributed by atoms with Gasteiger partial charge in [0.25, 0.3) is 0 Å². The molecule has 1 aromatic carbocycles. The number of rotatable bonds is 7. The predicted octanol–water partition coefficient (Wildman–Crippen LogP) is 4.81. The number of nitrogens with zero attached hydrogens (tertiary/aromatic N) is 5. The summed E-state index contributed by atoms with van der Waals surface area (Å²) in [6.45, 7) is 8.12. The lowest BCUT2D eigenvalue weighted by Crippen LogP contribution is -2.41. The van der Waals surface area contributed by atoms with Crippen LogP contribution in [-0.4, -0.2) is 48.6 Å². The highest BCUT2D eigenvalue weighted by Gasteiger charge is 2.27. The zero-order valence-corrected chi connectivity index (χ0v) is 20.7. The minimum atomic E-state index is 0.143. The van der Waals surface area contributed by atoms with Crippen molar-refractivity contribution in [3.8, 4) is 0 Å². The molecule has 4 aromatic rings. The van der Waals surface area contributed by atoms with Crippen LogP contribution in [0, 0.1) is 12.8 Å². The Balaban J connectivity index is 1.31. The Bertz CT molecular complexity index is 1320. The second-order valence-electron chi connectivity index (χ2n) is 9.89. The van der Waals surface area contributed by atoms with Crippen LogP contribution >= 0.6 is 0 Å².